The van der Waals surface area contributed by atoms with E-state index in [4.69, 9.17) is 14.2 Å². The third-order valence-corrected chi connectivity index (χ3v) is 11.5. The van der Waals surface area contributed by atoms with Gasteiger partial charge in [-0.15, -0.1) is 0 Å². The van der Waals surface area contributed by atoms with Gasteiger partial charge in [-0.3, -0.25) is 14.4 Å². The van der Waals surface area contributed by atoms with E-state index in [2.05, 4.69) is 34.6 Å². The van der Waals surface area contributed by atoms with Gasteiger partial charge in [0.05, 0.1) is 0 Å². The minimum absolute atomic E-state index is 0.0648. The van der Waals surface area contributed by atoms with Gasteiger partial charge in [-0.2, -0.15) is 0 Å². The van der Waals surface area contributed by atoms with Crippen molar-refractivity contribution >= 4 is 17.9 Å². The van der Waals surface area contributed by atoms with E-state index >= 15 is 0 Å². The summed E-state index contributed by atoms with van der Waals surface area (Å²) >= 11 is 0. The Bertz CT molecular complexity index is 870. The second-order valence-electron chi connectivity index (χ2n) is 18.4. The Kier molecular flexibility index (Phi) is 42.7. The van der Waals surface area contributed by atoms with Gasteiger partial charge >= 0.3 is 17.9 Å². The van der Waals surface area contributed by atoms with Crippen LogP contribution >= 0.6 is 0 Å². The van der Waals surface area contributed by atoms with Gasteiger partial charge < -0.3 is 14.2 Å². The Morgan fingerprint density at radius 1 is 0.333 bits per heavy atom. The second kappa shape index (κ2) is 44.0. The van der Waals surface area contributed by atoms with Crippen molar-refractivity contribution in [3.63, 3.8) is 0 Å². The van der Waals surface area contributed by atoms with Gasteiger partial charge in [0, 0.05) is 19.3 Å². The standard InChI is InChI=1S/C51H98O6/c1-6-7-8-9-10-21-26-33-38-43-51(54)57-48(45-56-50(53)42-37-32-28-27-30-35-40-47(4)5)44-55-49(52)41-36-31-25-23-20-18-16-14-12-11-13-15-17-19-22-24-29-34-39-46(2)3/h46-48H,6-45H2,1-5H3/t48-/m0/s1. The molecule has 0 fully saturated rings. The fraction of sp³-hybridized carbons (Fsp3) is 0.941. The van der Waals surface area contributed by atoms with Gasteiger partial charge in [0.15, 0.2) is 6.10 Å². The molecule has 338 valence electrons. The van der Waals surface area contributed by atoms with Gasteiger partial charge in [0.2, 0.25) is 0 Å². The summed E-state index contributed by atoms with van der Waals surface area (Å²) in [6.45, 7) is 11.3. The van der Waals surface area contributed by atoms with Gasteiger partial charge in [-0.1, -0.05) is 240 Å². The molecule has 0 bridgehead atoms. The van der Waals surface area contributed by atoms with Crippen molar-refractivity contribution in [1.29, 1.82) is 0 Å². The lowest BCUT2D eigenvalue weighted by Gasteiger charge is -2.18. The molecule has 0 amide bonds. The smallest absolute Gasteiger partial charge is 0.306 e. The molecule has 0 saturated heterocycles. The molecule has 0 radical (unpaired) electrons. The molecule has 0 N–H and O–H groups in total. The van der Waals surface area contributed by atoms with Crippen LogP contribution in [0, 0.1) is 11.8 Å². The normalized spacial score (nSPS) is 12.1. The Balaban J connectivity index is 4.13. The van der Waals surface area contributed by atoms with Crippen LogP contribution in [0.1, 0.15) is 279 Å². The Morgan fingerprint density at radius 2 is 0.579 bits per heavy atom. The van der Waals surface area contributed by atoms with Gasteiger partial charge in [-0.25, -0.2) is 0 Å². The maximum Gasteiger partial charge on any atom is 0.306 e. The summed E-state index contributed by atoms with van der Waals surface area (Å²) in [7, 11) is 0. The Labute approximate surface area is 355 Å². The van der Waals surface area contributed by atoms with Gasteiger partial charge in [0.1, 0.15) is 13.2 Å². The molecule has 0 aromatic heterocycles. The van der Waals surface area contributed by atoms with Crippen LogP contribution in [-0.4, -0.2) is 37.2 Å². The zero-order valence-electron chi connectivity index (χ0n) is 39.0. The summed E-state index contributed by atoms with van der Waals surface area (Å²) in [5.74, 6) is 0.764. The third kappa shape index (κ3) is 45.3. The average Bonchev–Trinajstić information content (AvgIpc) is 3.18. The average molecular weight is 807 g/mol. The highest BCUT2D eigenvalue weighted by molar-refractivity contribution is 5.71. The summed E-state index contributed by atoms with van der Waals surface area (Å²) < 4.78 is 16.7. The van der Waals surface area contributed by atoms with Crippen LogP contribution in [0.15, 0.2) is 0 Å². The summed E-state index contributed by atoms with van der Waals surface area (Å²) in [6.07, 6.45) is 44.0. The van der Waals surface area contributed by atoms with E-state index in [1.54, 1.807) is 0 Å². The first-order valence-corrected chi connectivity index (χ1v) is 25.2. The summed E-state index contributed by atoms with van der Waals surface area (Å²) in [4.78, 5) is 37.7. The number of unbranched alkanes of at least 4 members (excludes halogenated alkanes) is 30. The zero-order chi connectivity index (χ0) is 41.9. The molecule has 0 rings (SSSR count). The topological polar surface area (TPSA) is 78.9 Å². The van der Waals surface area contributed by atoms with Crippen LogP contribution in [-0.2, 0) is 28.6 Å². The molecule has 57 heavy (non-hydrogen) atoms. The number of ether oxygens (including phenoxy) is 3. The molecular weight excluding hydrogens is 709 g/mol. The van der Waals surface area contributed by atoms with Gasteiger partial charge in [0.25, 0.3) is 0 Å². The first-order chi connectivity index (χ1) is 27.7. The number of hydrogen-bond acceptors (Lipinski definition) is 6. The maximum absolute atomic E-state index is 12.7. The molecule has 1 atom stereocenters. The number of rotatable bonds is 45. The minimum atomic E-state index is -0.760. The fourth-order valence-corrected chi connectivity index (χ4v) is 7.64. The number of carbonyl (C=O) groups is 3. The fourth-order valence-electron chi connectivity index (χ4n) is 7.64. The van der Waals surface area contributed by atoms with E-state index in [0.717, 1.165) is 69.6 Å². The molecule has 0 aliphatic heterocycles. The lowest BCUT2D eigenvalue weighted by molar-refractivity contribution is -0.167. The molecule has 0 aromatic rings. The third-order valence-electron chi connectivity index (χ3n) is 11.5. The first kappa shape index (κ1) is 55.4. The van der Waals surface area contributed by atoms with Crippen molar-refractivity contribution in [3.05, 3.63) is 0 Å². The molecule has 0 aliphatic rings. The molecule has 6 nitrogen and oxygen atoms in total. The molecule has 6 heteroatoms. The largest absolute Gasteiger partial charge is 0.462 e. The molecule has 0 spiro atoms. The minimum Gasteiger partial charge on any atom is -0.462 e. The first-order valence-electron chi connectivity index (χ1n) is 25.2. The number of esters is 3. The monoisotopic (exact) mass is 807 g/mol. The van der Waals surface area contributed by atoms with E-state index in [1.807, 2.05) is 0 Å². The molecule has 0 saturated carbocycles. The molecular formula is C51H98O6. The lowest BCUT2D eigenvalue weighted by atomic mass is 10.0. The van der Waals surface area contributed by atoms with E-state index in [1.165, 1.54) is 167 Å². The van der Waals surface area contributed by atoms with E-state index in [-0.39, 0.29) is 31.1 Å². The van der Waals surface area contributed by atoms with Crippen LogP contribution in [0.2, 0.25) is 0 Å². The van der Waals surface area contributed by atoms with Crippen molar-refractivity contribution in [2.75, 3.05) is 13.2 Å². The van der Waals surface area contributed by atoms with Crippen LogP contribution in [0.25, 0.3) is 0 Å². The predicted molar refractivity (Wildman–Crippen MR) is 243 cm³/mol. The molecule has 0 aliphatic carbocycles. The van der Waals surface area contributed by atoms with Crippen LogP contribution < -0.4 is 0 Å². The van der Waals surface area contributed by atoms with Crippen LogP contribution in [0.3, 0.4) is 0 Å². The van der Waals surface area contributed by atoms with Crippen molar-refractivity contribution < 1.29 is 28.6 Å². The van der Waals surface area contributed by atoms with Crippen molar-refractivity contribution in [2.45, 2.75) is 285 Å². The molecule has 0 heterocycles. The number of carbonyl (C=O) groups excluding carboxylic acids is 3. The van der Waals surface area contributed by atoms with Crippen molar-refractivity contribution in [1.82, 2.24) is 0 Å². The van der Waals surface area contributed by atoms with Gasteiger partial charge in [-0.05, 0) is 31.1 Å². The summed E-state index contributed by atoms with van der Waals surface area (Å²) in [5, 5.41) is 0. The highest BCUT2D eigenvalue weighted by atomic mass is 16.6. The van der Waals surface area contributed by atoms with Crippen LogP contribution in [0.5, 0.6) is 0 Å². The molecule has 0 aromatic carbocycles. The maximum atomic E-state index is 12.7. The van der Waals surface area contributed by atoms with E-state index in [9.17, 15) is 14.4 Å². The molecule has 0 unspecified atom stereocenters. The predicted octanol–water partition coefficient (Wildman–Crippen LogP) is 16.1. The van der Waals surface area contributed by atoms with E-state index < -0.39 is 6.10 Å². The number of hydrogen-bond donors (Lipinski definition) is 0. The summed E-state index contributed by atoms with van der Waals surface area (Å²) in [6, 6.07) is 0. The summed E-state index contributed by atoms with van der Waals surface area (Å²) in [5.41, 5.74) is 0. The Hall–Kier alpha value is -1.59. The lowest BCUT2D eigenvalue weighted by Crippen LogP contribution is -2.30. The second-order valence-corrected chi connectivity index (χ2v) is 18.4. The zero-order valence-corrected chi connectivity index (χ0v) is 39.0. The quantitative estimate of drug-likeness (QED) is 0.0346. The SMILES string of the molecule is CCCCCCCCCCCC(=O)O[C@@H](COC(=O)CCCCCCCCCCCCCCCCCCCCC(C)C)COC(=O)CCCCCCCCC(C)C. The Morgan fingerprint density at radius 3 is 0.860 bits per heavy atom. The van der Waals surface area contributed by atoms with Crippen molar-refractivity contribution in [3.8, 4) is 0 Å². The van der Waals surface area contributed by atoms with Crippen molar-refractivity contribution in [2.24, 2.45) is 11.8 Å². The highest BCUT2D eigenvalue weighted by Gasteiger charge is 2.19. The highest BCUT2D eigenvalue weighted by Crippen LogP contribution is 2.17. The van der Waals surface area contributed by atoms with E-state index in [0.29, 0.717) is 19.3 Å². The van der Waals surface area contributed by atoms with Crippen LogP contribution in [0.4, 0.5) is 0 Å².